The monoisotopic (exact) mass is 340 g/mol. The van der Waals surface area contributed by atoms with E-state index in [1.54, 1.807) is 24.3 Å². The van der Waals surface area contributed by atoms with Crippen LogP contribution in [0.25, 0.3) is 0 Å². The highest BCUT2D eigenvalue weighted by Gasteiger charge is 2.09. The van der Waals surface area contributed by atoms with Crippen LogP contribution in [0.3, 0.4) is 0 Å². The molecular weight excluding hydrogens is 323 g/mol. The molecule has 0 spiro atoms. The van der Waals surface area contributed by atoms with Gasteiger partial charge in [0, 0.05) is 17.3 Å². The van der Waals surface area contributed by atoms with Crippen LogP contribution in [0, 0.1) is 0 Å². The van der Waals surface area contributed by atoms with Gasteiger partial charge < -0.3 is 15.7 Å². The summed E-state index contributed by atoms with van der Waals surface area (Å²) >= 11 is 5.78. The lowest BCUT2D eigenvalue weighted by molar-refractivity contribution is -0.119. The second kappa shape index (κ2) is 9.30. The molecule has 0 aliphatic heterocycles. The van der Waals surface area contributed by atoms with Gasteiger partial charge >= 0.3 is 0 Å². The van der Waals surface area contributed by atoms with Crippen LogP contribution in [-0.2, 0) is 4.79 Å². The van der Waals surface area contributed by atoms with Crippen molar-refractivity contribution in [3.63, 3.8) is 0 Å². The Bertz CT molecular complexity index is 576. The number of carbonyl (C=O) groups excluding carboxylic acids is 1. The maximum Gasteiger partial charge on any atom is 0.239 e. The Morgan fingerprint density at radius 3 is 2.36 bits per heavy atom. The average molecular weight is 341 g/mol. The third kappa shape index (κ3) is 5.93. The second-order valence-electron chi connectivity index (χ2n) is 4.59. The van der Waals surface area contributed by atoms with E-state index < -0.39 is 6.10 Å². The van der Waals surface area contributed by atoms with Gasteiger partial charge in [-0.1, -0.05) is 41.9 Å². The van der Waals surface area contributed by atoms with Crippen LogP contribution in [0.4, 0.5) is 5.69 Å². The van der Waals surface area contributed by atoms with Gasteiger partial charge in [-0.25, -0.2) is 0 Å². The van der Waals surface area contributed by atoms with Crippen LogP contribution in [0.2, 0.25) is 5.02 Å². The third-order valence-electron chi connectivity index (χ3n) is 2.97. The van der Waals surface area contributed by atoms with Crippen molar-refractivity contribution < 1.29 is 9.90 Å². The molecule has 2 aromatic carbocycles. The van der Waals surface area contributed by atoms with Gasteiger partial charge in [0.15, 0.2) is 0 Å². The molecule has 22 heavy (non-hydrogen) atoms. The lowest BCUT2D eigenvalue weighted by atomic mass is 10.1. The second-order valence-corrected chi connectivity index (χ2v) is 5.03. The Labute approximate surface area is 140 Å². The molecule has 3 N–H and O–H groups in total. The number of hydrogen-bond donors (Lipinski definition) is 3. The lowest BCUT2D eigenvalue weighted by Crippen LogP contribution is -2.33. The molecule has 0 radical (unpaired) electrons. The average Bonchev–Trinajstić information content (AvgIpc) is 2.52. The van der Waals surface area contributed by atoms with Crippen molar-refractivity contribution in [3.8, 4) is 0 Å². The standard InChI is InChI=1S/C16H17ClN2O2.ClH/c17-13-8-6-12(7-9-13)15(20)10-19-16(21)11-18-14-4-2-1-3-5-14;/h1-9,15,18,20H,10-11H2,(H,19,21);1H. The van der Waals surface area contributed by atoms with Gasteiger partial charge in [-0.3, -0.25) is 4.79 Å². The van der Waals surface area contributed by atoms with Crippen LogP contribution < -0.4 is 10.6 Å². The van der Waals surface area contributed by atoms with Gasteiger partial charge in [-0.15, -0.1) is 12.4 Å². The summed E-state index contributed by atoms with van der Waals surface area (Å²) in [5, 5.41) is 16.3. The van der Waals surface area contributed by atoms with E-state index in [0.29, 0.717) is 5.02 Å². The largest absolute Gasteiger partial charge is 0.387 e. The molecule has 1 amide bonds. The molecule has 0 fully saturated rings. The maximum atomic E-state index is 11.7. The summed E-state index contributed by atoms with van der Waals surface area (Å²) in [6.45, 7) is 0.328. The number of hydrogen-bond acceptors (Lipinski definition) is 3. The fourth-order valence-corrected chi connectivity index (χ4v) is 1.94. The van der Waals surface area contributed by atoms with E-state index in [1.807, 2.05) is 30.3 Å². The summed E-state index contributed by atoms with van der Waals surface area (Å²) in [5.41, 5.74) is 1.60. The molecule has 1 unspecified atom stereocenters. The summed E-state index contributed by atoms with van der Waals surface area (Å²) in [5.74, 6) is -0.174. The normalized spacial score (nSPS) is 11.2. The third-order valence-corrected chi connectivity index (χ3v) is 3.23. The van der Waals surface area contributed by atoms with Crippen molar-refractivity contribution in [2.75, 3.05) is 18.4 Å². The molecule has 0 bridgehead atoms. The van der Waals surface area contributed by atoms with Crippen molar-refractivity contribution in [1.82, 2.24) is 5.32 Å². The fourth-order valence-electron chi connectivity index (χ4n) is 1.81. The molecule has 0 aliphatic rings. The highest BCUT2D eigenvalue weighted by atomic mass is 35.5. The molecule has 4 nitrogen and oxygen atoms in total. The SMILES string of the molecule is Cl.O=C(CNc1ccccc1)NCC(O)c1ccc(Cl)cc1. The minimum atomic E-state index is -0.747. The van der Waals surface area contributed by atoms with E-state index in [4.69, 9.17) is 11.6 Å². The molecule has 0 aromatic heterocycles. The Kier molecular flexibility index (Phi) is 7.74. The molecule has 0 heterocycles. The number of carbonyl (C=O) groups is 1. The van der Waals surface area contributed by atoms with Crippen molar-refractivity contribution in [2.24, 2.45) is 0 Å². The zero-order valence-corrected chi connectivity index (χ0v) is 13.4. The number of aliphatic hydroxyl groups excluding tert-OH is 1. The highest BCUT2D eigenvalue weighted by Crippen LogP contribution is 2.15. The van der Waals surface area contributed by atoms with Gasteiger partial charge in [-0.05, 0) is 29.8 Å². The quantitative estimate of drug-likeness (QED) is 0.757. The van der Waals surface area contributed by atoms with Gasteiger partial charge in [0.2, 0.25) is 5.91 Å². The fraction of sp³-hybridized carbons (Fsp3) is 0.188. The van der Waals surface area contributed by atoms with E-state index in [1.165, 1.54) is 0 Å². The Morgan fingerprint density at radius 2 is 1.73 bits per heavy atom. The van der Waals surface area contributed by atoms with E-state index in [-0.39, 0.29) is 31.4 Å². The molecule has 1 atom stereocenters. The highest BCUT2D eigenvalue weighted by molar-refractivity contribution is 6.30. The molecule has 0 saturated carbocycles. The number of halogens is 2. The molecule has 2 aromatic rings. The van der Waals surface area contributed by atoms with Gasteiger partial charge in [0.25, 0.3) is 0 Å². The Balaban J connectivity index is 0.00000242. The van der Waals surface area contributed by atoms with Crippen molar-refractivity contribution in [2.45, 2.75) is 6.10 Å². The Morgan fingerprint density at radius 1 is 1.09 bits per heavy atom. The molecule has 6 heteroatoms. The number of benzene rings is 2. The number of anilines is 1. The van der Waals surface area contributed by atoms with Crippen LogP contribution in [0.15, 0.2) is 54.6 Å². The van der Waals surface area contributed by atoms with Gasteiger partial charge in [-0.2, -0.15) is 0 Å². The maximum absolute atomic E-state index is 11.7. The molecule has 2 rings (SSSR count). The summed E-state index contributed by atoms with van der Waals surface area (Å²) in [7, 11) is 0. The van der Waals surface area contributed by atoms with Crippen LogP contribution >= 0.6 is 24.0 Å². The first-order chi connectivity index (χ1) is 10.1. The lowest BCUT2D eigenvalue weighted by Gasteiger charge is -2.13. The van der Waals surface area contributed by atoms with Crippen molar-refractivity contribution in [1.29, 1.82) is 0 Å². The summed E-state index contributed by atoms with van der Waals surface area (Å²) in [6, 6.07) is 16.4. The zero-order valence-electron chi connectivity index (χ0n) is 11.8. The van der Waals surface area contributed by atoms with Crippen LogP contribution in [-0.4, -0.2) is 24.1 Å². The first-order valence-corrected chi connectivity index (χ1v) is 7.02. The number of rotatable bonds is 6. The first kappa shape index (κ1) is 18.3. The van der Waals surface area contributed by atoms with E-state index >= 15 is 0 Å². The van der Waals surface area contributed by atoms with E-state index in [9.17, 15) is 9.90 Å². The molecule has 118 valence electrons. The predicted molar refractivity (Wildman–Crippen MR) is 91.6 cm³/mol. The van der Waals surface area contributed by atoms with E-state index in [2.05, 4.69) is 10.6 Å². The number of para-hydroxylation sites is 1. The molecular formula is C16H18Cl2N2O2. The smallest absolute Gasteiger partial charge is 0.239 e. The molecule has 0 aliphatic carbocycles. The summed E-state index contributed by atoms with van der Waals surface area (Å²) in [4.78, 5) is 11.7. The van der Waals surface area contributed by atoms with Crippen LogP contribution in [0.1, 0.15) is 11.7 Å². The van der Waals surface area contributed by atoms with E-state index in [0.717, 1.165) is 11.3 Å². The summed E-state index contributed by atoms with van der Waals surface area (Å²) in [6.07, 6.45) is -0.747. The zero-order chi connectivity index (χ0) is 15.1. The Hall–Kier alpha value is -1.75. The van der Waals surface area contributed by atoms with Gasteiger partial charge in [0.05, 0.1) is 12.6 Å². The van der Waals surface area contributed by atoms with Crippen molar-refractivity contribution in [3.05, 3.63) is 65.2 Å². The predicted octanol–water partition coefficient (Wildman–Crippen LogP) is 3.02. The number of aliphatic hydroxyl groups is 1. The first-order valence-electron chi connectivity index (χ1n) is 6.64. The minimum Gasteiger partial charge on any atom is -0.387 e. The van der Waals surface area contributed by atoms with Crippen molar-refractivity contribution >= 4 is 35.6 Å². The number of amides is 1. The van der Waals surface area contributed by atoms with Gasteiger partial charge in [0.1, 0.15) is 0 Å². The number of nitrogens with one attached hydrogen (secondary N) is 2. The minimum absolute atomic E-state index is 0. The summed E-state index contributed by atoms with van der Waals surface area (Å²) < 4.78 is 0. The van der Waals surface area contributed by atoms with Crippen LogP contribution in [0.5, 0.6) is 0 Å². The molecule has 0 saturated heterocycles. The topological polar surface area (TPSA) is 61.4 Å².